The molecule has 2 heteroatoms. The summed E-state index contributed by atoms with van der Waals surface area (Å²) in [6.07, 6.45) is 6.73. The molecular weight excluding hydrogens is 232 g/mol. The molecule has 0 saturated heterocycles. The molecule has 19 heavy (non-hydrogen) atoms. The van der Waals surface area contributed by atoms with Crippen LogP contribution in [0.25, 0.3) is 0 Å². The summed E-state index contributed by atoms with van der Waals surface area (Å²) in [6, 6.07) is 10.2. The molecule has 1 aliphatic carbocycles. The Morgan fingerprint density at radius 1 is 1.16 bits per heavy atom. The van der Waals surface area contributed by atoms with E-state index in [-0.39, 0.29) is 0 Å². The van der Waals surface area contributed by atoms with E-state index in [0.29, 0.717) is 6.04 Å². The Labute approximate surface area is 117 Å². The van der Waals surface area contributed by atoms with Crippen molar-refractivity contribution >= 4 is 0 Å². The van der Waals surface area contributed by atoms with E-state index in [1.807, 2.05) is 0 Å². The molecule has 1 aromatic carbocycles. The molecule has 1 heterocycles. The zero-order valence-corrected chi connectivity index (χ0v) is 12.0. The molecule has 1 aliphatic heterocycles. The van der Waals surface area contributed by atoms with Crippen molar-refractivity contribution in [1.82, 2.24) is 10.6 Å². The summed E-state index contributed by atoms with van der Waals surface area (Å²) in [5.41, 5.74) is 2.99. The summed E-state index contributed by atoms with van der Waals surface area (Å²) in [6.45, 7) is 4.54. The first-order valence-corrected chi connectivity index (χ1v) is 7.87. The largest absolute Gasteiger partial charge is 0.313 e. The Morgan fingerprint density at radius 3 is 2.95 bits per heavy atom. The fraction of sp³-hybridized carbons (Fsp3) is 0.647. The molecule has 2 aliphatic rings. The summed E-state index contributed by atoms with van der Waals surface area (Å²) in [5.74, 6) is 0.894. The summed E-state index contributed by atoms with van der Waals surface area (Å²) in [7, 11) is 0. The van der Waals surface area contributed by atoms with Crippen LogP contribution >= 0.6 is 0 Å². The van der Waals surface area contributed by atoms with E-state index in [0.717, 1.165) is 25.0 Å². The standard InChI is InChI=1S/C17H26N2/c1-13-5-4-7-15(11-13)19-17-9-10-18-12-14-6-2-3-8-16(14)17/h2-3,6,8,13,15,17-19H,4-5,7,9-12H2,1H3. The van der Waals surface area contributed by atoms with Gasteiger partial charge in [0.15, 0.2) is 0 Å². The summed E-state index contributed by atoms with van der Waals surface area (Å²) < 4.78 is 0. The van der Waals surface area contributed by atoms with Crippen molar-refractivity contribution in [3.8, 4) is 0 Å². The molecular formula is C17H26N2. The number of nitrogens with one attached hydrogen (secondary N) is 2. The van der Waals surface area contributed by atoms with Crippen molar-refractivity contribution in [2.75, 3.05) is 6.54 Å². The van der Waals surface area contributed by atoms with Gasteiger partial charge in [0.05, 0.1) is 0 Å². The SMILES string of the molecule is CC1CCCC(NC2CCNCc3ccccc32)C1. The number of benzene rings is 1. The minimum atomic E-state index is 0.543. The zero-order valence-electron chi connectivity index (χ0n) is 12.0. The monoisotopic (exact) mass is 258 g/mol. The van der Waals surface area contributed by atoms with Crippen molar-refractivity contribution in [2.24, 2.45) is 5.92 Å². The molecule has 0 bridgehead atoms. The summed E-state index contributed by atoms with van der Waals surface area (Å²) in [4.78, 5) is 0. The lowest BCUT2D eigenvalue weighted by atomic mass is 9.86. The summed E-state index contributed by atoms with van der Waals surface area (Å²) >= 11 is 0. The van der Waals surface area contributed by atoms with Gasteiger partial charge in [-0.3, -0.25) is 0 Å². The molecule has 3 atom stereocenters. The van der Waals surface area contributed by atoms with Crippen LogP contribution in [-0.2, 0) is 6.54 Å². The van der Waals surface area contributed by atoms with Crippen molar-refractivity contribution in [2.45, 2.75) is 57.7 Å². The lowest BCUT2D eigenvalue weighted by Gasteiger charge is -2.31. The second-order valence-electron chi connectivity index (χ2n) is 6.35. The summed E-state index contributed by atoms with van der Waals surface area (Å²) in [5, 5.41) is 7.48. The number of hydrogen-bond donors (Lipinski definition) is 2. The lowest BCUT2D eigenvalue weighted by Crippen LogP contribution is -2.37. The van der Waals surface area contributed by atoms with Crippen molar-refractivity contribution in [3.05, 3.63) is 35.4 Å². The van der Waals surface area contributed by atoms with Gasteiger partial charge in [0.2, 0.25) is 0 Å². The van der Waals surface area contributed by atoms with E-state index in [1.165, 1.54) is 43.2 Å². The second kappa shape index (κ2) is 6.06. The van der Waals surface area contributed by atoms with Crippen LogP contribution in [0.5, 0.6) is 0 Å². The third-order valence-electron chi connectivity index (χ3n) is 4.73. The molecule has 3 unspecified atom stereocenters. The number of rotatable bonds is 2. The highest BCUT2D eigenvalue weighted by molar-refractivity contribution is 5.31. The topological polar surface area (TPSA) is 24.1 Å². The van der Waals surface area contributed by atoms with Gasteiger partial charge in [-0.05, 0) is 42.9 Å². The second-order valence-corrected chi connectivity index (χ2v) is 6.35. The highest BCUT2D eigenvalue weighted by atomic mass is 15.0. The predicted octanol–water partition coefficient (Wildman–Crippen LogP) is 3.39. The average Bonchev–Trinajstić information content (AvgIpc) is 2.62. The fourth-order valence-corrected chi connectivity index (χ4v) is 3.70. The van der Waals surface area contributed by atoms with Crippen molar-refractivity contribution in [3.63, 3.8) is 0 Å². The van der Waals surface area contributed by atoms with Crippen LogP contribution in [0.3, 0.4) is 0 Å². The molecule has 104 valence electrons. The minimum absolute atomic E-state index is 0.543. The van der Waals surface area contributed by atoms with Gasteiger partial charge in [-0.2, -0.15) is 0 Å². The molecule has 0 amide bonds. The zero-order chi connectivity index (χ0) is 13.1. The molecule has 0 spiro atoms. The fourth-order valence-electron chi connectivity index (χ4n) is 3.70. The van der Waals surface area contributed by atoms with Crippen LogP contribution in [0.2, 0.25) is 0 Å². The number of fused-ring (bicyclic) bond motifs is 1. The molecule has 1 fully saturated rings. The molecule has 1 aromatic rings. The van der Waals surface area contributed by atoms with E-state index in [1.54, 1.807) is 0 Å². The first kappa shape index (κ1) is 13.1. The highest BCUT2D eigenvalue weighted by Crippen LogP contribution is 2.29. The van der Waals surface area contributed by atoms with Gasteiger partial charge in [-0.1, -0.05) is 44.0 Å². The van der Waals surface area contributed by atoms with Crippen LogP contribution in [0, 0.1) is 5.92 Å². The van der Waals surface area contributed by atoms with Gasteiger partial charge in [0.1, 0.15) is 0 Å². The van der Waals surface area contributed by atoms with E-state index >= 15 is 0 Å². The van der Waals surface area contributed by atoms with Crippen molar-refractivity contribution < 1.29 is 0 Å². The van der Waals surface area contributed by atoms with Crippen LogP contribution < -0.4 is 10.6 Å². The Morgan fingerprint density at radius 2 is 2.05 bits per heavy atom. The van der Waals surface area contributed by atoms with Crippen LogP contribution in [0.1, 0.15) is 56.2 Å². The Balaban J connectivity index is 1.73. The van der Waals surface area contributed by atoms with Gasteiger partial charge in [0.25, 0.3) is 0 Å². The maximum absolute atomic E-state index is 3.94. The van der Waals surface area contributed by atoms with Gasteiger partial charge in [-0.25, -0.2) is 0 Å². The van der Waals surface area contributed by atoms with Gasteiger partial charge >= 0.3 is 0 Å². The van der Waals surface area contributed by atoms with Gasteiger partial charge in [-0.15, -0.1) is 0 Å². The van der Waals surface area contributed by atoms with Crippen molar-refractivity contribution in [1.29, 1.82) is 0 Å². The van der Waals surface area contributed by atoms with Gasteiger partial charge < -0.3 is 10.6 Å². The van der Waals surface area contributed by atoms with Crippen LogP contribution in [0.15, 0.2) is 24.3 Å². The molecule has 2 N–H and O–H groups in total. The normalized spacial score (nSPS) is 31.5. The Kier molecular flexibility index (Phi) is 4.19. The maximum Gasteiger partial charge on any atom is 0.0337 e. The lowest BCUT2D eigenvalue weighted by molar-refractivity contribution is 0.277. The Hall–Kier alpha value is -0.860. The first-order valence-electron chi connectivity index (χ1n) is 7.87. The quantitative estimate of drug-likeness (QED) is 0.849. The average molecular weight is 258 g/mol. The molecule has 3 rings (SSSR count). The molecule has 0 aromatic heterocycles. The maximum atomic E-state index is 3.94. The third kappa shape index (κ3) is 3.18. The molecule has 1 saturated carbocycles. The predicted molar refractivity (Wildman–Crippen MR) is 80.1 cm³/mol. The minimum Gasteiger partial charge on any atom is -0.313 e. The first-order chi connectivity index (χ1) is 9.33. The third-order valence-corrected chi connectivity index (χ3v) is 4.73. The highest BCUT2D eigenvalue weighted by Gasteiger charge is 2.24. The van der Waals surface area contributed by atoms with E-state index < -0.39 is 0 Å². The molecule has 0 radical (unpaired) electrons. The Bertz CT molecular complexity index is 415. The van der Waals surface area contributed by atoms with Gasteiger partial charge in [0, 0.05) is 18.6 Å². The van der Waals surface area contributed by atoms with E-state index in [4.69, 9.17) is 0 Å². The van der Waals surface area contributed by atoms with E-state index in [9.17, 15) is 0 Å². The smallest absolute Gasteiger partial charge is 0.0337 e. The molecule has 2 nitrogen and oxygen atoms in total. The number of hydrogen-bond acceptors (Lipinski definition) is 2. The van der Waals surface area contributed by atoms with E-state index in [2.05, 4.69) is 41.8 Å². The van der Waals surface area contributed by atoms with Crippen LogP contribution in [0.4, 0.5) is 0 Å². The van der Waals surface area contributed by atoms with Crippen LogP contribution in [-0.4, -0.2) is 12.6 Å².